The highest BCUT2D eigenvalue weighted by molar-refractivity contribution is 6.16. The molecule has 0 unspecified atom stereocenters. The van der Waals surface area contributed by atoms with Crippen LogP contribution in [-0.4, -0.2) is 23.4 Å². The number of hydrogen-bond acceptors (Lipinski definition) is 4. The van der Waals surface area contributed by atoms with Crippen molar-refractivity contribution in [2.24, 2.45) is 5.92 Å². The van der Waals surface area contributed by atoms with E-state index in [1.165, 1.54) is 65.6 Å². The molecule has 7 heteroatoms. The van der Waals surface area contributed by atoms with Gasteiger partial charge in [0.1, 0.15) is 35.7 Å². The lowest BCUT2D eigenvalue weighted by atomic mass is 9.79. The van der Waals surface area contributed by atoms with Crippen molar-refractivity contribution in [2.45, 2.75) is 6.04 Å². The van der Waals surface area contributed by atoms with Gasteiger partial charge in [0.2, 0.25) is 5.91 Å². The fourth-order valence-electron chi connectivity index (χ4n) is 3.48. The van der Waals surface area contributed by atoms with Crippen LogP contribution in [0.2, 0.25) is 0 Å². The molecule has 0 spiro atoms. The van der Waals surface area contributed by atoms with Crippen LogP contribution in [0.25, 0.3) is 0 Å². The molecular weight excluding hydrogens is 392 g/mol. The Kier molecular flexibility index (Phi) is 5.18. The Morgan fingerprint density at radius 1 is 0.900 bits per heavy atom. The summed E-state index contributed by atoms with van der Waals surface area (Å²) in [6, 6.07) is 16.2. The van der Waals surface area contributed by atoms with Gasteiger partial charge in [-0.1, -0.05) is 12.1 Å². The molecule has 1 amide bonds. The molecule has 0 aromatic heterocycles. The number of β-lactam (4-membered cyclic amide) rings is 1. The van der Waals surface area contributed by atoms with Crippen LogP contribution < -0.4 is 9.64 Å². The Bertz CT molecular complexity index is 1070. The van der Waals surface area contributed by atoms with Gasteiger partial charge < -0.3 is 14.7 Å². The third-order valence-electron chi connectivity index (χ3n) is 4.98. The molecule has 152 valence electrons. The first-order chi connectivity index (χ1) is 14.4. The van der Waals surface area contributed by atoms with E-state index in [4.69, 9.17) is 4.74 Å². The molecule has 1 N–H and O–H groups in total. The van der Waals surface area contributed by atoms with Crippen LogP contribution in [-0.2, 0) is 9.59 Å². The van der Waals surface area contributed by atoms with Crippen LogP contribution in [0.15, 0.2) is 72.8 Å². The largest absolute Gasteiger partial charge is 0.508 e. The first kappa shape index (κ1) is 19.6. The zero-order chi connectivity index (χ0) is 21.3. The van der Waals surface area contributed by atoms with Crippen LogP contribution in [0.3, 0.4) is 0 Å². The fourth-order valence-corrected chi connectivity index (χ4v) is 3.48. The predicted octanol–water partition coefficient (Wildman–Crippen LogP) is 4.02. The molecule has 3 aromatic carbocycles. The second-order valence-electron chi connectivity index (χ2n) is 6.91. The van der Waals surface area contributed by atoms with Crippen molar-refractivity contribution in [1.29, 1.82) is 0 Å². The highest BCUT2D eigenvalue weighted by atomic mass is 19.1. The van der Waals surface area contributed by atoms with Crippen molar-refractivity contribution in [3.8, 4) is 11.5 Å². The third kappa shape index (κ3) is 3.74. The number of anilines is 1. The fraction of sp³-hybridized carbons (Fsp3) is 0.130. The molecular formula is C23H17F2NO4. The second kappa shape index (κ2) is 7.94. The zero-order valence-corrected chi connectivity index (χ0v) is 15.7. The minimum absolute atomic E-state index is 0.0558. The molecule has 3 aromatic rings. The number of ether oxygens (including phenoxy) is 1. The number of carbonyl (C=O) groups is 2. The smallest absolute Gasteiger partial charge is 0.240 e. The monoisotopic (exact) mass is 409 g/mol. The number of hydrogen-bond donors (Lipinski definition) is 1. The van der Waals surface area contributed by atoms with Gasteiger partial charge in [0, 0.05) is 5.69 Å². The summed E-state index contributed by atoms with van der Waals surface area (Å²) in [4.78, 5) is 27.1. The third-order valence-corrected chi connectivity index (χ3v) is 4.98. The van der Waals surface area contributed by atoms with E-state index in [1.54, 1.807) is 12.1 Å². The number of amides is 1. The van der Waals surface area contributed by atoms with Crippen molar-refractivity contribution < 1.29 is 28.2 Å². The molecule has 30 heavy (non-hydrogen) atoms. The molecule has 2 atom stereocenters. The minimum Gasteiger partial charge on any atom is -0.508 e. The van der Waals surface area contributed by atoms with E-state index in [0.717, 1.165) is 0 Å². The molecule has 1 aliphatic heterocycles. The van der Waals surface area contributed by atoms with Gasteiger partial charge in [-0.2, -0.15) is 0 Å². The predicted molar refractivity (Wildman–Crippen MR) is 105 cm³/mol. The minimum atomic E-state index is -0.986. The summed E-state index contributed by atoms with van der Waals surface area (Å²) >= 11 is 0. The topological polar surface area (TPSA) is 66.8 Å². The number of aromatic hydroxyl groups is 1. The SMILES string of the molecule is O=C(COc1ccc(F)cc1)[C@H]1C(=O)N(c2ccc(F)cc2)[C@@H]1c1ccc(O)cc1. The van der Waals surface area contributed by atoms with Gasteiger partial charge in [0.15, 0.2) is 5.78 Å². The first-order valence-electron chi connectivity index (χ1n) is 9.23. The summed E-state index contributed by atoms with van der Waals surface area (Å²) in [6.45, 7) is -0.353. The van der Waals surface area contributed by atoms with Crippen molar-refractivity contribution in [2.75, 3.05) is 11.5 Å². The molecule has 5 nitrogen and oxygen atoms in total. The first-order valence-corrected chi connectivity index (χ1v) is 9.23. The Balaban J connectivity index is 1.58. The van der Waals surface area contributed by atoms with Crippen LogP contribution in [0.4, 0.5) is 14.5 Å². The molecule has 0 radical (unpaired) electrons. The average Bonchev–Trinajstić information content (AvgIpc) is 2.74. The summed E-state index contributed by atoms with van der Waals surface area (Å²) in [7, 11) is 0. The number of rotatable bonds is 6. The van der Waals surface area contributed by atoms with Gasteiger partial charge in [-0.15, -0.1) is 0 Å². The van der Waals surface area contributed by atoms with E-state index in [0.29, 0.717) is 17.0 Å². The molecule has 0 aliphatic carbocycles. The van der Waals surface area contributed by atoms with Crippen LogP contribution in [0.5, 0.6) is 11.5 Å². The van der Waals surface area contributed by atoms with Crippen LogP contribution in [0.1, 0.15) is 11.6 Å². The van der Waals surface area contributed by atoms with Gasteiger partial charge >= 0.3 is 0 Å². The maximum atomic E-state index is 13.3. The van der Waals surface area contributed by atoms with Gasteiger partial charge in [-0.25, -0.2) is 8.78 Å². The Morgan fingerprint density at radius 2 is 1.47 bits per heavy atom. The molecule has 0 saturated carbocycles. The quantitative estimate of drug-likeness (QED) is 0.493. The molecule has 1 fully saturated rings. The second-order valence-corrected chi connectivity index (χ2v) is 6.91. The summed E-state index contributed by atoms with van der Waals surface area (Å²) < 4.78 is 31.7. The summed E-state index contributed by atoms with van der Waals surface area (Å²) in [5, 5.41) is 9.56. The molecule has 4 rings (SSSR count). The number of Topliss-reactive ketones (excluding diaryl/α,β-unsaturated/α-hetero) is 1. The van der Waals surface area contributed by atoms with E-state index in [1.807, 2.05) is 0 Å². The van der Waals surface area contributed by atoms with Crippen molar-refractivity contribution >= 4 is 17.4 Å². The maximum absolute atomic E-state index is 13.3. The van der Waals surface area contributed by atoms with E-state index in [9.17, 15) is 23.5 Å². The highest BCUT2D eigenvalue weighted by Crippen LogP contribution is 2.44. The number of benzene rings is 3. The number of halogens is 2. The lowest BCUT2D eigenvalue weighted by Crippen LogP contribution is -2.59. The van der Waals surface area contributed by atoms with Gasteiger partial charge in [0.05, 0.1) is 6.04 Å². The van der Waals surface area contributed by atoms with Crippen molar-refractivity contribution in [1.82, 2.24) is 0 Å². The Labute approximate surface area is 171 Å². The van der Waals surface area contributed by atoms with Gasteiger partial charge in [-0.3, -0.25) is 9.59 Å². The number of phenols is 1. The lowest BCUT2D eigenvalue weighted by Gasteiger charge is -2.46. The van der Waals surface area contributed by atoms with E-state index in [2.05, 4.69) is 0 Å². The summed E-state index contributed by atoms with van der Waals surface area (Å²) in [5.74, 6) is -2.33. The standard InChI is InChI=1S/C23H17F2NO4/c24-15-3-7-17(8-4-15)26-22(14-1-9-18(27)10-2-14)21(23(26)29)20(28)13-30-19-11-5-16(25)6-12-19/h1-12,21-22,27H,13H2/t21-,22-/m1/s1. The van der Waals surface area contributed by atoms with Crippen LogP contribution >= 0.6 is 0 Å². The zero-order valence-electron chi connectivity index (χ0n) is 15.7. The molecule has 1 saturated heterocycles. The molecule has 1 aliphatic rings. The van der Waals surface area contributed by atoms with Crippen molar-refractivity contribution in [3.05, 3.63) is 90.0 Å². The molecule has 1 heterocycles. The molecule has 0 bridgehead atoms. The highest BCUT2D eigenvalue weighted by Gasteiger charge is 2.52. The maximum Gasteiger partial charge on any atom is 0.240 e. The van der Waals surface area contributed by atoms with Crippen molar-refractivity contribution in [3.63, 3.8) is 0 Å². The number of nitrogens with zero attached hydrogens (tertiary/aromatic N) is 1. The van der Waals surface area contributed by atoms with Crippen LogP contribution in [0, 0.1) is 17.6 Å². The average molecular weight is 409 g/mol. The Morgan fingerprint density at radius 3 is 2.07 bits per heavy atom. The number of phenolic OH excluding ortho intramolecular Hbond substituents is 1. The number of carbonyl (C=O) groups excluding carboxylic acids is 2. The van der Waals surface area contributed by atoms with Gasteiger partial charge in [-0.05, 0) is 66.2 Å². The Hall–Kier alpha value is -3.74. The lowest BCUT2D eigenvalue weighted by molar-refractivity contribution is -0.141. The normalized spacial score (nSPS) is 18.1. The van der Waals surface area contributed by atoms with E-state index >= 15 is 0 Å². The summed E-state index contributed by atoms with van der Waals surface area (Å²) in [5.41, 5.74) is 1.11. The summed E-state index contributed by atoms with van der Waals surface area (Å²) in [6.07, 6.45) is 0. The van der Waals surface area contributed by atoms with Gasteiger partial charge in [0.25, 0.3) is 0 Å². The van der Waals surface area contributed by atoms with E-state index < -0.39 is 35.3 Å². The van der Waals surface area contributed by atoms with E-state index in [-0.39, 0.29) is 12.4 Å². The number of ketones is 1.